The molecule has 3 heterocycles. The second-order valence-corrected chi connectivity index (χ2v) is 5.36. The predicted octanol–water partition coefficient (Wildman–Crippen LogP) is 1.15. The molecule has 1 atom stereocenters. The third-order valence-electron chi connectivity index (χ3n) is 3.69. The molecule has 0 radical (unpaired) electrons. The molecule has 1 saturated heterocycles. The topological polar surface area (TPSA) is 81.8 Å². The summed E-state index contributed by atoms with van der Waals surface area (Å²) in [5.74, 6) is 2.17. The molecule has 0 aliphatic carbocycles. The third kappa shape index (κ3) is 2.67. The Kier molecular flexibility index (Phi) is 3.68. The molecule has 0 amide bonds. The summed E-state index contributed by atoms with van der Waals surface area (Å²) in [7, 11) is 2.17. The minimum Gasteiger partial charge on any atom is -0.369 e. The van der Waals surface area contributed by atoms with Crippen LogP contribution in [0.1, 0.15) is 13.3 Å². The van der Waals surface area contributed by atoms with Crippen LogP contribution in [0.15, 0.2) is 6.20 Å². The second-order valence-electron chi connectivity index (χ2n) is 5.36. The normalized spacial score (nSPS) is 19.6. The van der Waals surface area contributed by atoms with E-state index in [0.717, 1.165) is 36.5 Å². The van der Waals surface area contributed by atoms with Gasteiger partial charge in [-0.15, -0.1) is 0 Å². The van der Waals surface area contributed by atoms with Crippen molar-refractivity contribution in [2.45, 2.75) is 13.3 Å². The summed E-state index contributed by atoms with van der Waals surface area (Å²) in [6.45, 7) is 6.09. The van der Waals surface area contributed by atoms with Gasteiger partial charge in [0.2, 0.25) is 5.95 Å². The van der Waals surface area contributed by atoms with Gasteiger partial charge in [-0.2, -0.15) is 15.1 Å². The molecule has 1 unspecified atom stereocenters. The number of aromatic nitrogens is 4. The van der Waals surface area contributed by atoms with Crippen molar-refractivity contribution in [3.05, 3.63) is 6.20 Å². The number of anilines is 2. The smallest absolute Gasteiger partial charge is 0.226 e. The lowest BCUT2D eigenvalue weighted by atomic mass is 10.1. The average molecular weight is 275 g/mol. The Labute approximate surface area is 118 Å². The molecule has 0 aromatic carbocycles. The first-order valence-electron chi connectivity index (χ1n) is 7.13. The zero-order valence-electron chi connectivity index (χ0n) is 12.0. The van der Waals surface area contributed by atoms with Crippen LogP contribution in [0.5, 0.6) is 0 Å². The van der Waals surface area contributed by atoms with Gasteiger partial charge in [-0.25, -0.2) is 0 Å². The van der Waals surface area contributed by atoms with E-state index in [-0.39, 0.29) is 0 Å². The highest BCUT2D eigenvalue weighted by atomic mass is 15.2. The van der Waals surface area contributed by atoms with Crippen LogP contribution in [0.2, 0.25) is 0 Å². The summed E-state index contributed by atoms with van der Waals surface area (Å²) in [6.07, 6.45) is 3.01. The van der Waals surface area contributed by atoms with Gasteiger partial charge in [0, 0.05) is 19.6 Å². The molecule has 2 aromatic rings. The van der Waals surface area contributed by atoms with Crippen molar-refractivity contribution in [1.29, 1.82) is 0 Å². The van der Waals surface area contributed by atoms with Crippen LogP contribution in [0, 0.1) is 5.92 Å². The number of H-pyrrole nitrogens is 1. The van der Waals surface area contributed by atoms with Crippen molar-refractivity contribution in [2.24, 2.45) is 5.92 Å². The number of likely N-dealkylation sites (tertiary alicyclic amines) is 1. The highest BCUT2D eigenvalue weighted by Crippen LogP contribution is 2.21. The number of nitrogens with zero attached hydrogens (tertiary/aromatic N) is 4. The number of rotatable bonds is 5. The van der Waals surface area contributed by atoms with E-state index in [2.05, 4.69) is 42.7 Å². The van der Waals surface area contributed by atoms with Crippen LogP contribution in [0.4, 0.5) is 11.8 Å². The number of hydrogen-bond acceptors (Lipinski definition) is 6. The molecule has 7 nitrogen and oxygen atoms in total. The number of aromatic amines is 1. The number of nitrogens with one attached hydrogen (secondary N) is 3. The summed E-state index contributed by atoms with van der Waals surface area (Å²) < 4.78 is 0. The van der Waals surface area contributed by atoms with Crippen LogP contribution in [-0.2, 0) is 0 Å². The molecular weight excluding hydrogens is 254 g/mol. The molecule has 0 bridgehead atoms. The number of hydrogen-bond donors (Lipinski definition) is 3. The van der Waals surface area contributed by atoms with E-state index < -0.39 is 0 Å². The Morgan fingerprint density at radius 3 is 3.05 bits per heavy atom. The summed E-state index contributed by atoms with van der Waals surface area (Å²) in [4.78, 5) is 11.3. The summed E-state index contributed by atoms with van der Waals surface area (Å²) in [6, 6.07) is 0. The Bertz CT molecular complexity index is 579. The molecule has 1 aliphatic rings. The van der Waals surface area contributed by atoms with Gasteiger partial charge in [0.25, 0.3) is 0 Å². The van der Waals surface area contributed by atoms with Crippen molar-refractivity contribution in [1.82, 2.24) is 25.1 Å². The minimum atomic E-state index is 0.635. The number of fused-ring (bicyclic) bond motifs is 1. The quantitative estimate of drug-likeness (QED) is 0.759. The maximum Gasteiger partial charge on any atom is 0.226 e. The van der Waals surface area contributed by atoms with Gasteiger partial charge in [0.1, 0.15) is 5.82 Å². The molecule has 0 spiro atoms. The molecule has 7 heteroatoms. The summed E-state index contributed by atoms with van der Waals surface area (Å²) in [5, 5.41) is 14.5. The van der Waals surface area contributed by atoms with Crippen molar-refractivity contribution >= 4 is 22.8 Å². The molecule has 3 N–H and O–H groups in total. The average Bonchev–Trinajstić information content (AvgIpc) is 3.05. The second kappa shape index (κ2) is 5.62. The van der Waals surface area contributed by atoms with Gasteiger partial charge in [-0.3, -0.25) is 5.10 Å². The van der Waals surface area contributed by atoms with E-state index in [1.54, 1.807) is 6.20 Å². The van der Waals surface area contributed by atoms with E-state index >= 15 is 0 Å². The Morgan fingerprint density at radius 1 is 1.40 bits per heavy atom. The van der Waals surface area contributed by atoms with Crippen LogP contribution in [0.25, 0.3) is 11.0 Å². The third-order valence-corrected chi connectivity index (χ3v) is 3.69. The first kappa shape index (κ1) is 13.1. The monoisotopic (exact) mass is 275 g/mol. The van der Waals surface area contributed by atoms with Crippen molar-refractivity contribution in [3.63, 3.8) is 0 Å². The predicted molar refractivity (Wildman–Crippen MR) is 79.9 cm³/mol. The highest BCUT2D eigenvalue weighted by molar-refractivity contribution is 5.86. The zero-order chi connectivity index (χ0) is 13.9. The Balaban J connectivity index is 1.76. The van der Waals surface area contributed by atoms with Crippen LogP contribution in [0.3, 0.4) is 0 Å². The molecule has 20 heavy (non-hydrogen) atoms. The zero-order valence-corrected chi connectivity index (χ0v) is 12.0. The van der Waals surface area contributed by atoms with E-state index in [9.17, 15) is 0 Å². The van der Waals surface area contributed by atoms with Gasteiger partial charge in [-0.05, 0) is 32.9 Å². The standard InChI is InChI=1S/C13H21N7/c1-3-14-13-17-11(10-7-16-19-12(10)18-13)15-6-9-4-5-20(2)8-9/h7,9H,3-6,8H2,1-2H3,(H3,14,15,16,17,18,19). The maximum atomic E-state index is 4.54. The lowest BCUT2D eigenvalue weighted by Crippen LogP contribution is -2.19. The van der Waals surface area contributed by atoms with Crippen LogP contribution in [-0.4, -0.2) is 58.3 Å². The minimum absolute atomic E-state index is 0.635. The lowest BCUT2D eigenvalue weighted by molar-refractivity contribution is 0.399. The van der Waals surface area contributed by atoms with Gasteiger partial charge in [-0.1, -0.05) is 0 Å². The van der Waals surface area contributed by atoms with Crippen molar-refractivity contribution in [2.75, 3.05) is 43.9 Å². The van der Waals surface area contributed by atoms with Gasteiger partial charge < -0.3 is 15.5 Å². The van der Waals surface area contributed by atoms with E-state index in [1.807, 2.05) is 6.92 Å². The van der Waals surface area contributed by atoms with Crippen LogP contribution < -0.4 is 10.6 Å². The summed E-state index contributed by atoms with van der Waals surface area (Å²) >= 11 is 0. The molecule has 3 rings (SSSR count). The molecule has 2 aromatic heterocycles. The Morgan fingerprint density at radius 2 is 2.30 bits per heavy atom. The molecule has 1 aliphatic heterocycles. The van der Waals surface area contributed by atoms with Crippen LogP contribution >= 0.6 is 0 Å². The highest BCUT2D eigenvalue weighted by Gasteiger charge is 2.19. The van der Waals surface area contributed by atoms with Gasteiger partial charge in [0.15, 0.2) is 5.65 Å². The fourth-order valence-corrected chi connectivity index (χ4v) is 2.64. The molecule has 0 saturated carbocycles. The fourth-order valence-electron chi connectivity index (χ4n) is 2.64. The molecular formula is C13H21N7. The first-order valence-corrected chi connectivity index (χ1v) is 7.13. The largest absolute Gasteiger partial charge is 0.369 e. The van der Waals surface area contributed by atoms with E-state index in [4.69, 9.17) is 0 Å². The SMILES string of the molecule is CCNc1nc(NCC2CCN(C)C2)c2cn[nH]c2n1. The molecule has 1 fully saturated rings. The lowest BCUT2D eigenvalue weighted by Gasteiger charge is -2.13. The van der Waals surface area contributed by atoms with Crippen molar-refractivity contribution < 1.29 is 0 Å². The van der Waals surface area contributed by atoms with Crippen molar-refractivity contribution in [3.8, 4) is 0 Å². The van der Waals surface area contributed by atoms with Gasteiger partial charge in [0.05, 0.1) is 11.6 Å². The summed E-state index contributed by atoms with van der Waals surface area (Å²) in [5.41, 5.74) is 0.766. The van der Waals surface area contributed by atoms with E-state index in [0.29, 0.717) is 11.9 Å². The first-order chi connectivity index (χ1) is 9.76. The van der Waals surface area contributed by atoms with E-state index in [1.165, 1.54) is 13.0 Å². The molecule has 108 valence electrons. The van der Waals surface area contributed by atoms with Gasteiger partial charge >= 0.3 is 0 Å². The maximum absolute atomic E-state index is 4.54. The Hall–Kier alpha value is -1.89. The fraction of sp³-hybridized carbons (Fsp3) is 0.615.